The molecule has 1 aromatic rings. The summed E-state index contributed by atoms with van der Waals surface area (Å²) in [7, 11) is 0. The highest BCUT2D eigenvalue weighted by molar-refractivity contribution is 8.00. The van der Waals surface area contributed by atoms with Gasteiger partial charge < -0.3 is 9.47 Å². The molecule has 5 heteroatoms. The van der Waals surface area contributed by atoms with E-state index in [2.05, 4.69) is 44.2 Å². The molecule has 9 unspecified atom stereocenters. The van der Waals surface area contributed by atoms with Crippen molar-refractivity contribution in [3.8, 4) is 0 Å². The van der Waals surface area contributed by atoms with Crippen molar-refractivity contribution in [3.63, 3.8) is 0 Å². The SMILES string of the molecule is CC(=O)OC1CC2CCC3C4CCC(OC(C)=O)C4(C)CCC3C2(C)C(Sc2ccccc2)C1. The number of hydrogen-bond acceptors (Lipinski definition) is 5. The number of fused-ring (bicyclic) bond motifs is 5. The molecule has 4 aliphatic rings. The smallest absolute Gasteiger partial charge is 0.302 e. The Morgan fingerprint density at radius 1 is 0.882 bits per heavy atom. The topological polar surface area (TPSA) is 52.6 Å². The lowest BCUT2D eigenvalue weighted by atomic mass is 9.45. The van der Waals surface area contributed by atoms with E-state index in [1.807, 2.05) is 11.8 Å². The van der Waals surface area contributed by atoms with Gasteiger partial charge >= 0.3 is 11.9 Å². The number of carbonyl (C=O) groups excluding carboxylic acids is 2. The third kappa shape index (κ3) is 4.10. The molecular weight excluding hydrogens is 444 g/mol. The van der Waals surface area contributed by atoms with Crippen LogP contribution in [0.5, 0.6) is 0 Å². The van der Waals surface area contributed by atoms with E-state index in [-0.39, 0.29) is 35.0 Å². The van der Waals surface area contributed by atoms with Crippen molar-refractivity contribution in [2.24, 2.45) is 34.5 Å². The molecule has 1 aromatic carbocycles. The summed E-state index contributed by atoms with van der Waals surface area (Å²) in [6.07, 6.45) is 9.08. The second kappa shape index (κ2) is 9.19. The van der Waals surface area contributed by atoms with Gasteiger partial charge in [-0.3, -0.25) is 9.59 Å². The molecule has 4 saturated carbocycles. The fraction of sp³-hybridized carbons (Fsp3) is 0.724. The van der Waals surface area contributed by atoms with Crippen LogP contribution >= 0.6 is 11.8 Å². The molecule has 0 amide bonds. The van der Waals surface area contributed by atoms with E-state index in [1.54, 1.807) is 13.8 Å². The van der Waals surface area contributed by atoms with Crippen LogP contribution in [0.15, 0.2) is 35.2 Å². The van der Waals surface area contributed by atoms with Crippen LogP contribution in [0.1, 0.15) is 79.1 Å². The average Bonchev–Trinajstić information content (AvgIpc) is 3.10. The summed E-state index contributed by atoms with van der Waals surface area (Å²) in [6, 6.07) is 10.8. The van der Waals surface area contributed by atoms with Crippen molar-refractivity contribution in [2.75, 3.05) is 0 Å². The average molecular weight is 485 g/mol. The van der Waals surface area contributed by atoms with Crippen molar-refractivity contribution in [1.82, 2.24) is 0 Å². The number of esters is 2. The van der Waals surface area contributed by atoms with Gasteiger partial charge in [0.25, 0.3) is 0 Å². The second-order valence-corrected chi connectivity index (χ2v) is 13.1. The quantitative estimate of drug-likeness (QED) is 0.447. The van der Waals surface area contributed by atoms with Crippen molar-refractivity contribution >= 4 is 23.7 Å². The Hall–Kier alpha value is -1.49. The highest BCUT2D eigenvalue weighted by Gasteiger charge is 2.63. The van der Waals surface area contributed by atoms with Crippen LogP contribution in [0.25, 0.3) is 0 Å². The monoisotopic (exact) mass is 484 g/mol. The number of benzene rings is 1. The molecule has 0 saturated heterocycles. The van der Waals surface area contributed by atoms with E-state index in [9.17, 15) is 9.59 Å². The second-order valence-electron chi connectivity index (χ2n) is 11.9. The number of ether oxygens (including phenoxy) is 2. The minimum atomic E-state index is -0.151. The lowest BCUT2D eigenvalue weighted by Crippen LogP contribution is -2.59. The number of hydrogen-bond donors (Lipinski definition) is 0. The minimum Gasteiger partial charge on any atom is -0.463 e. The molecule has 4 aliphatic carbocycles. The fourth-order valence-electron chi connectivity index (χ4n) is 8.76. The molecule has 0 aromatic heterocycles. The molecule has 5 rings (SSSR count). The number of carbonyl (C=O) groups is 2. The Kier molecular flexibility index (Phi) is 6.54. The Morgan fingerprint density at radius 3 is 2.32 bits per heavy atom. The molecule has 0 bridgehead atoms. The zero-order valence-corrected chi connectivity index (χ0v) is 21.9. The van der Waals surface area contributed by atoms with Gasteiger partial charge in [-0.15, -0.1) is 11.8 Å². The summed E-state index contributed by atoms with van der Waals surface area (Å²) in [5, 5.41) is 0.431. The predicted octanol–water partition coefficient (Wildman–Crippen LogP) is 6.66. The molecule has 0 spiro atoms. The third-order valence-corrected chi connectivity index (χ3v) is 11.8. The largest absolute Gasteiger partial charge is 0.463 e. The molecular formula is C29H40O4S. The minimum absolute atomic E-state index is 0.0296. The van der Waals surface area contributed by atoms with Crippen LogP contribution in [0.2, 0.25) is 0 Å². The molecule has 9 atom stereocenters. The van der Waals surface area contributed by atoms with Crippen molar-refractivity contribution in [1.29, 1.82) is 0 Å². The maximum Gasteiger partial charge on any atom is 0.302 e. The first-order valence-electron chi connectivity index (χ1n) is 13.3. The Balaban J connectivity index is 1.44. The predicted molar refractivity (Wildman–Crippen MR) is 134 cm³/mol. The van der Waals surface area contributed by atoms with Gasteiger partial charge in [-0.05, 0) is 92.6 Å². The summed E-state index contributed by atoms with van der Waals surface area (Å²) in [6.45, 7) is 8.07. The standard InChI is InChI=1S/C29H40O4S/c1-18(30)32-21-16-20-10-11-23-24-12-13-26(33-19(2)31)28(24,3)15-14-25(23)29(20,4)27(17-21)34-22-8-6-5-7-9-22/h5-9,20-21,23-27H,10-17H2,1-4H3. The molecule has 0 radical (unpaired) electrons. The highest BCUT2D eigenvalue weighted by Crippen LogP contribution is 2.68. The summed E-state index contributed by atoms with van der Waals surface area (Å²) in [5.74, 6) is 2.32. The summed E-state index contributed by atoms with van der Waals surface area (Å²) in [5.41, 5.74) is 0.341. The number of thioether (sulfide) groups is 1. The molecule has 0 heterocycles. The molecule has 4 nitrogen and oxygen atoms in total. The van der Waals surface area contributed by atoms with Gasteiger partial charge in [0.1, 0.15) is 12.2 Å². The van der Waals surface area contributed by atoms with E-state index in [1.165, 1.54) is 30.6 Å². The van der Waals surface area contributed by atoms with E-state index in [0.29, 0.717) is 28.9 Å². The summed E-state index contributed by atoms with van der Waals surface area (Å²) in [4.78, 5) is 25.0. The Bertz CT molecular complexity index is 918. The van der Waals surface area contributed by atoms with E-state index < -0.39 is 0 Å². The van der Waals surface area contributed by atoms with Crippen molar-refractivity contribution in [2.45, 2.75) is 101 Å². The molecule has 0 aliphatic heterocycles. The van der Waals surface area contributed by atoms with Gasteiger partial charge in [-0.25, -0.2) is 0 Å². The first-order valence-corrected chi connectivity index (χ1v) is 14.2. The van der Waals surface area contributed by atoms with Crippen LogP contribution in [-0.2, 0) is 19.1 Å². The molecule has 34 heavy (non-hydrogen) atoms. The molecule has 4 fully saturated rings. The normalized spacial score (nSPS) is 43.2. The lowest BCUT2D eigenvalue weighted by molar-refractivity contribution is -0.166. The van der Waals surface area contributed by atoms with Gasteiger partial charge in [-0.2, -0.15) is 0 Å². The van der Waals surface area contributed by atoms with E-state index in [0.717, 1.165) is 25.7 Å². The first kappa shape index (κ1) is 24.2. The number of rotatable bonds is 4. The Labute approximate surface area is 208 Å². The first-order chi connectivity index (χ1) is 16.2. The van der Waals surface area contributed by atoms with Crippen LogP contribution in [0.4, 0.5) is 0 Å². The van der Waals surface area contributed by atoms with Gasteiger partial charge in [0, 0.05) is 29.4 Å². The van der Waals surface area contributed by atoms with Gasteiger partial charge in [-0.1, -0.05) is 32.0 Å². The summed E-state index contributed by atoms with van der Waals surface area (Å²) >= 11 is 2.01. The van der Waals surface area contributed by atoms with Crippen molar-refractivity contribution < 1.29 is 19.1 Å². The van der Waals surface area contributed by atoms with Gasteiger partial charge in [0.15, 0.2) is 0 Å². The van der Waals surface area contributed by atoms with E-state index in [4.69, 9.17) is 9.47 Å². The third-order valence-electron chi connectivity index (χ3n) is 10.3. The van der Waals surface area contributed by atoms with Gasteiger partial charge in [0.2, 0.25) is 0 Å². The summed E-state index contributed by atoms with van der Waals surface area (Å²) < 4.78 is 11.7. The van der Waals surface area contributed by atoms with Crippen LogP contribution < -0.4 is 0 Å². The van der Waals surface area contributed by atoms with Gasteiger partial charge in [0.05, 0.1) is 0 Å². The van der Waals surface area contributed by atoms with Crippen LogP contribution in [-0.4, -0.2) is 29.4 Å². The highest BCUT2D eigenvalue weighted by atomic mass is 32.2. The zero-order valence-electron chi connectivity index (χ0n) is 21.1. The van der Waals surface area contributed by atoms with Crippen LogP contribution in [0.3, 0.4) is 0 Å². The maximum atomic E-state index is 11.8. The van der Waals surface area contributed by atoms with Crippen molar-refractivity contribution in [3.05, 3.63) is 30.3 Å². The maximum absolute atomic E-state index is 11.8. The zero-order chi connectivity index (χ0) is 24.1. The van der Waals surface area contributed by atoms with Crippen LogP contribution in [0, 0.1) is 34.5 Å². The van der Waals surface area contributed by atoms with E-state index >= 15 is 0 Å². The lowest BCUT2D eigenvalue weighted by Gasteiger charge is -2.63. The molecule has 0 N–H and O–H groups in total. The molecule has 186 valence electrons. The Morgan fingerprint density at radius 2 is 1.62 bits per heavy atom. The fourth-order valence-corrected chi connectivity index (χ4v) is 10.3.